The van der Waals surface area contributed by atoms with E-state index in [9.17, 15) is 15.0 Å². The van der Waals surface area contributed by atoms with Gasteiger partial charge in [-0.25, -0.2) is 0 Å². The molecule has 0 aromatic carbocycles. The molecular weight excluding hydrogens is 300 g/mol. The molecule has 0 saturated heterocycles. The lowest BCUT2D eigenvalue weighted by molar-refractivity contribution is -0.117. The van der Waals surface area contributed by atoms with Crippen LogP contribution in [0.1, 0.15) is 65.2 Å². The topological polar surface area (TPSA) is 57.5 Å². The highest BCUT2D eigenvalue weighted by Gasteiger charge is 2.12. The maximum Gasteiger partial charge on any atom is 0.129 e. The zero-order valence-corrected chi connectivity index (χ0v) is 15.1. The molecule has 0 aliphatic carbocycles. The van der Waals surface area contributed by atoms with Crippen LogP contribution in [0.25, 0.3) is 0 Å². The number of aliphatic hydroxyl groups is 2. The fourth-order valence-electron chi connectivity index (χ4n) is 2.07. The van der Waals surface area contributed by atoms with Gasteiger partial charge in [-0.2, -0.15) is 0 Å². The molecule has 0 aliphatic rings. The summed E-state index contributed by atoms with van der Waals surface area (Å²) in [5.74, 6) is 5.92. The Bertz CT molecular complexity index is 463. The predicted molar refractivity (Wildman–Crippen MR) is 101 cm³/mol. The molecule has 0 heterocycles. The van der Waals surface area contributed by atoms with Crippen LogP contribution in [0.3, 0.4) is 0 Å². The zero-order valence-electron chi connectivity index (χ0n) is 15.1. The summed E-state index contributed by atoms with van der Waals surface area (Å²) in [4.78, 5) is 10.8. The van der Waals surface area contributed by atoms with Gasteiger partial charge in [-0.05, 0) is 44.8 Å². The molecule has 0 aromatic heterocycles. The first-order chi connectivity index (χ1) is 11.6. The summed E-state index contributed by atoms with van der Waals surface area (Å²) in [7, 11) is 0. The molecule has 3 heteroatoms. The van der Waals surface area contributed by atoms with Crippen molar-refractivity contribution in [3.05, 3.63) is 36.5 Å². The maximum absolute atomic E-state index is 10.8. The lowest BCUT2D eigenvalue weighted by Gasteiger charge is -2.13. The number of Topliss-reactive ketones (excluding diaryl/α,β-unsaturated/α-hetero) is 1. The third-order valence-electron chi connectivity index (χ3n) is 3.53. The monoisotopic (exact) mass is 332 g/mol. The quantitative estimate of drug-likeness (QED) is 0.321. The van der Waals surface area contributed by atoms with Crippen LogP contribution in [-0.2, 0) is 4.79 Å². The van der Waals surface area contributed by atoms with E-state index in [0.29, 0.717) is 19.3 Å². The fraction of sp³-hybridized carbons (Fsp3) is 0.571. The number of carbonyl (C=O) groups excluding carboxylic acids is 1. The molecule has 0 spiro atoms. The van der Waals surface area contributed by atoms with Crippen LogP contribution in [0.2, 0.25) is 0 Å². The van der Waals surface area contributed by atoms with E-state index in [4.69, 9.17) is 0 Å². The Morgan fingerprint density at radius 1 is 1.04 bits per heavy atom. The molecule has 0 fully saturated rings. The van der Waals surface area contributed by atoms with Gasteiger partial charge in [-0.15, -0.1) is 0 Å². The van der Waals surface area contributed by atoms with Crippen molar-refractivity contribution in [3.63, 3.8) is 0 Å². The highest BCUT2D eigenvalue weighted by Crippen LogP contribution is 2.06. The van der Waals surface area contributed by atoms with Crippen molar-refractivity contribution in [3.8, 4) is 11.8 Å². The van der Waals surface area contributed by atoms with Crippen LogP contribution in [0.15, 0.2) is 36.5 Å². The van der Waals surface area contributed by atoms with Gasteiger partial charge in [-0.3, -0.25) is 0 Å². The average Bonchev–Trinajstić information content (AvgIpc) is 2.55. The van der Waals surface area contributed by atoms with Gasteiger partial charge in [-0.1, -0.05) is 62.3 Å². The minimum atomic E-state index is -0.919. The number of carbonyl (C=O) groups is 1. The summed E-state index contributed by atoms with van der Waals surface area (Å²) in [6.45, 7) is 3.73. The summed E-state index contributed by atoms with van der Waals surface area (Å²) in [6, 6.07) is 0. The number of rotatable bonds is 12. The lowest BCUT2D eigenvalue weighted by Crippen LogP contribution is -2.23. The van der Waals surface area contributed by atoms with Crippen molar-refractivity contribution in [2.24, 2.45) is 0 Å². The van der Waals surface area contributed by atoms with Crippen molar-refractivity contribution in [2.75, 3.05) is 0 Å². The summed E-state index contributed by atoms with van der Waals surface area (Å²) in [6.07, 6.45) is 16.4. The number of allylic oxidation sites excluding steroid dienone is 5. The van der Waals surface area contributed by atoms with Crippen LogP contribution in [-0.4, -0.2) is 28.2 Å². The van der Waals surface area contributed by atoms with E-state index < -0.39 is 12.2 Å². The van der Waals surface area contributed by atoms with Crippen molar-refractivity contribution in [1.82, 2.24) is 0 Å². The standard InChI is InChI=1S/C21H32O3/c1-3-4-5-6-7-8-9-10-11-12-13-14-17-20(23)21(24)18-15-16-19(2)22/h8-9,12-14,17,20-21,23-24H,3-7,15-16,18H2,1-2H3/b9-8+,13-12+,17-14+/t20-,21+/m1/s1. The highest BCUT2D eigenvalue weighted by molar-refractivity contribution is 5.75. The van der Waals surface area contributed by atoms with Gasteiger partial charge in [0.25, 0.3) is 0 Å². The number of aliphatic hydroxyl groups excluding tert-OH is 2. The Morgan fingerprint density at radius 2 is 1.79 bits per heavy atom. The molecule has 0 radical (unpaired) electrons. The molecule has 0 rings (SSSR count). The first kappa shape index (κ1) is 22.4. The number of hydrogen-bond acceptors (Lipinski definition) is 3. The second kappa shape index (κ2) is 16.2. The minimum absolute atomic E-state index is 0.101. The van der Waals surface area contributed by atoms with E-state index in [1.165, 1.54) is 38.7 Å². The maximum atomic E-state index is 10.8. The molecule has 2 N–H and O–H groups in total. The van der Waals surface area contributed by atoms with Crippen molar-refractivity contribution < 1.29 is 15.0 Å². The van der Waals surface area contributed by atoms with Gasteiger partial charge in [0, 0.05) is 6.42 Å². The molecule has 134 valence electrons. The van der Waals surface area contributed by atoms with Crippen LogP contribution in [0, 0.1) is 11.8 Å². The van der Waals surface area contributed by atoms with Gasteiger partial charge in [0.2, 0.25) is 0 Å². The molecule has 2 atom stereocenters. The number of ketones is 1. The first-order valence-electron chi connectivity index (χ1n) is 8.93. The van der Waals surface area contributed by atoms with Crippen LogP contribution in [0.5, 0.6) is 0 Å². The third-order valence-corrected chi connectivity index (χ3v) is 3.53. The van der Waals surface area contributed by atoms with Gasteiger partial charge >= 0.3 is 0 Å². The van der Waals surface area contributed by atoms with E-state index in [-0.39, 0.29) is 5.78 Å². The summed E-state index contributed by atoms with van der Waals surface area (Å²) in [5.41, 5.74) is 0. The Labute approximate surface area is 147 Å². The Balaban J connectivity index is 3.88. The largest absolute Gasteiger partial charge is 0.390 e. The van der Waals surface area contributed by atoms with Crippen molar-refractivity contribution >= 4 is 5.78 Å². The fourth-order valence-corrected chi connectivity index (χ4v) is 2.07. The van der Waals surface area contributed by atoms with E-state index >= 15 is 0 Å². The molecular formula is C21H32O3. The normalized spacial score (nSPS) is 14.2. The van der Waals surface area contributed by atoms with Gasteiger partial charge in [0.1, 0.15) is 5.78 Å². The predicted octanol–water partition coefficient (Wildman–Crippen LogP) is 4.11. The Kier molecular flexibility index (Phi) is 15.1. The van der Waals surface area contributed by atoms with E-state index in [2.05, 4.69) is 24.8 Å². The van der Waals surface area contributed by atoms with Gasteiger partial charge in [0.05, 0.1) is 12.2 Å². The van der Waals surface area contributed by atoms with Crippen LogP contribution in [0.4, 0.5) is 0 Å². The number of unbranched alkanes of at least 4 members (excludes halogenated alkanes) is 4. The van der Waals surface area contributed by atoms with E-state index in [0.717, 1.165) is 6.42 Å². The summed E-state index contributed by atoms with van der Waals surface area (Å²) < 4.78 is 0. The molecule has 0 unspecified atom stereocenters. The van der Waals surface area contributed by atoms with E-state index in [1.807, 2.05) is 6.08 Å². The average molecular weight is 332 g/mol. The third kappa shape index (κ3) is 15.3. The van der Waals surface area contributed by atoms with Gasteiger partial charge < -0.3 is 15.0 Å². The van der Waals surface area contributed by atoms with Crippen molar-refractivity contribution in [1.29, 1.82) is 0 Å². The molecule has 0 aliphatic heterocycles. The molecule has 24 heavy (non-hydrogen) atoms. The Morgan fingerprint density at radius 3 is 2.50 bits per heavy atom. The Hall–Kier alpha value is -1.63. The summed E-state index contributed by atoms with van der Waals surface area (Å²) in [5, 5.41) is 19.5. The van der Waals surface area contributed by atoms with Crippen LogP contribution >= 0.6 is 0 Å². The minimum Gasteiger partial charge on any atom is -0.390 e. The molecule has 0 saturated carbocycles. The first-order valence-corrected chi connectivity index (χ1v) is 8.93. The highest BCUT2D eigenvalue weighted by atomic mass is 16.3. The van der Waals surface area contributed by atoms with E-state index in [1.54, 1.807) is 18.2 Å². The SMILES string of the molecule is CCCCCC/C=C/C#C/C=C/C=C/[C@@H](O)[C@@H](O)CCCC(C)=O. The van der Waals surface area contributed by atoms with Crippen LogP contribution < -0.4 is 0 Å². The molecule has 3 nitrogen and oxygen atoms in total. The van der Waals surface area contributed by atoms with Gasteiger partial charge in [0.15, 0.2) is 0 Å². The van der Waals surface area contributed by atoms with Crippen molar-refractivity contribution in [2.45, 2.75) is 77.4 Å². The smallest absolute Gasteiger partial charge is 0.129 e. The molecule has 0 aromatic rings. The lowest BCUT2D eigenvalue weighted by atomic mass is 10.1. The molecule has 0 amide bonds. The second-order valence-corrected chi connectivity index (χ2v) is 5.94. The number of hydrogen-bond donors (Lipinski definition) is 2. The molecule has 0 bridgehead atoms. The second-order valence-electron chi connectivity index (χ2n) is 5.94. The summed E-state index contributed by atoms with van der Waals surface area (Å²) >= 11 is 0. The zero-order chi connectivity index (χ0) is 18.0.